The highest BCUT2D eigenvalue weighted by atomic mass is 35.5. The van der Waals surface area contributed by atoms with Crippen LogP contribution in [0.15, 0.2) is 48.5 Å². The van der Waals surface area contributed by atoms with Crippen molar-refractivity contribution in [3.05, 3.63) is 64.8 Å². The van der Waals surface area contributed by atoms with Crippen LogP contribution in [0.5, 0.6) is 0 Å². The van der Waals surface area contributed by atoms with Crippen LogP contribution >= 0.6 is 11.6 Å². The number of hydrogen-bond acceptors (Lipinski definition) is 3. The molecule has 26 heavy (non-hydrogen) atoms. The van der Waals surface area contributed by atoms with Crippen LogP contribution in [-0.2, 0) is 17.8 Å². The molecule has 3 aromatic rings. The summed E-state index contributed by atoms with van der Waals surface area (Å²) in [5, 5.41) is 7.42. The number of fused-ring (bicyclic) bond motifs is 3. The summed E-state index contributed by atoms with van der Waals surface area (Å²) < 4.78 is 2.15. The Labute approximate surface area is 157 Å². The van der Waals surface area contributed by atoms with Gasteiger partial charge in [0, 0.05) is 54.8 Å². The zero-order chi connectivity index (χ0) is 18.1. The molecule has 0 spiro atoms. The van der Waals surface area contributed by atoms with E-state index in [4.69, 9.17) is 11.6 Å². The van der Waals surface area contributed by atoms with Gasteiger partial charge in [0.05, 0.1) is 5.56 Å². The van der Waals surface area contributed by atoms with Crippen LogP contribution in [0.3, 0.4) is 0 Å². The second kappa shape index (κ2) is 6.94. The fraction of sp³-hybridized carbons (Fsp3) is 0.200. The molecule has 134 valence electrons. The Hall–Kier alpha value is -2.63. The van der Waals surface area contributed by atoms with Gasteiger partial charge in [-0.05, 0) is 30.3 Å². The van der Waals surface area contributed by atoms with Crippen molar-refractivity contribution < 1.29 is 11.0 Å². The SMILES string of the molecule is O=C(Nc1ccc(Cl)cc1)C(=O)c1c2n(c3ccccc13)CCNCC2.[HH]. The molecule has 1 aromatic heterocycles. The second-order valence-electron chi connectivity index (χ2n) is 6.28. The molecular formula is C20H20ClN3O2. The van der Waals surface area contributed by atoms with Gasteiger partial charge >= 0.3 is 0 Å². The highest BCUT2D eigenvalue weighted by Crippen LogP contribution is 2.28. The monoisotopic (exact) mass is 369 g/mol. The van der Waals surface area contributed by atoms with Crippen molar-refractivity contribution in [2.24, 2.45) is 0 Å². The third kappa shape index (κ3) is 3.00. The molecule has 6 heteroatoms. The number of halogens is 1. The van der Waals surface area contributed by atoms with E-state index in [0.29, 0.717) is 22.7 Å². The standard InChI is InChI=1S/C20H18ClN3O2.H2/c21-13-5-7-14(8-6-13)23-20(26)19(25)18-15-3-1-2-4-16(15)24-12-11-22-10-9-17(18)24;/h1-8,22H,9-12H2,(H,23,26);1H. The smallest absolute Gasteiger partial charge is 0.296 e. The van der Waals surface area contributed by atoms with E-state index in [0.717, 1.165) is 36.2 Å². The predicted octanol–water partition coefficient (Wildman–Crippen LogP) is 3.51. The summed E-state index contributed by atoms with van der Waals surface area (Å²) >= 11 is 5.86. The number of amides is 1. The van der Waals surface area contributed by atoms with Crippen LogP contribution in [0.25, 0.3) is 10.9 Å². The Balaban J connectivity index is 0.00000210. The molecule has 4 rings (SSSR count). The van der Waals surface area contributed by atoms with Gasteiger partial charge in [-0.3, -0.25) is 9.59 Å². The van der Waals surface area contributed by atoms with E-state index in [1.165, 1.54) is 0 Å². The minimum Gasteiger partial charge on any atom is -0.343 e. The largest absolute Gasteiger partial charge is 0.343 e. The van der Waals surface area contributed by atoms with Crippen molar-refractivity contribution in [1.29, 1.82) is 0 Å². The first-order chi connectivity index (χ1) is 12.6. The molecule has 2 aromatic carbocycles. The first-order valence-corrected chi connectivity index (χ1v) is 8.95. The van der Waals surface area contributed by atoms with Crippen LogP contribution in [0.1, 0.15) is 17.5 Å². The minimum absolute atomic E-state index is 0. The maximum Gasteiger partial charge on any atom is 0.296 e. The van der Waals surface area contributed by atoms with E-state index >= 15 is 0 Å². The van der Waals surface area contributed by atoms with Crippen LogP contribution in [-0.4, -0.2) is 29.3 Å². The summed E-state index contributed by atoms with van der Waals surface area (Å²) in [5.41, 5.74) is 2.97. The number of hydrogen-bond donors (Lipinski definition) is 2. The van der Waals surface area contributed by atoms with Gasteiger partial charge in [0.25, 0.3) is 11.7 Å². The molecule has 0 fully saturated rings. The number of nitrogens with one attached hydrogen (secondary N) is 2. The number of Topliss-reactive ketones (excluding diaryl/α,β-unsaturated/α-hetero) is 1. The lowest BCUT2D eigenvalue weighted by Gasteiger charge is -2.08. The molecule has 0 atom stereocenters. The molecule has 0 unspecified atom stereocenters. The molecule has 0 saturated heterocycles. The van der Waals surface area contributed by atoms with E-state index in [-0.39, 0.29) is 1.43 Å². The topological polar surface area (TPSA) is 63.1 Å². The zero-order valence-electron chi connectivity index (χ0n) is 14.1. The van der Waals surface area contributed by atoms with Gasteiger partial charge in [0.15, 0.2) is 0 Å². The highest BCUT2D eigenvalue weighted by Gasteiger charge is 2.27. The summed E-state index contributed by atoms with van der Waals surface area (Å²) in [6.45, 7) is 2.41. The first kappa shape index (κ1) is 16.8. The number of para-hydroxylation sites is 1. The van der Waals surface area contributed by atoms with Gasteiger partial charge in [0.1, 0.15) is 0 Å². The fourth-order valence-corrected chi connectivity index (χ4v) is 3.61. The summed E-state index contributed by atoms with van der Waals surface area (Å²) in [6, 6.07) is 14.5. The lowest BCUT2D eigenvalue weighted by atomic mass is 10.0. The van der Waals surface area contributed by atoms with Crippen molar-refractivity contribution in [3.63, 3.8) is 0 Å². The van der Waals surface area contributed by atoms with Gasteiger partial charge in [-0.1, -0.05) is 29.8 Å². The van der Waals surface area contributed by atoms with Crippen molar-refractivity contribution in [2.45, 2.75) is 13.0 Å². The number of nitrogens with zero attached hydrogens (tertiary/aromatic N) is 1. The molecular weight excluding hydrogens is 350 g/mol. The first-order valence-electron chi connectivity index (χ1n) is 8.57. The van der Waals surface area contributed by atoms with Crippen LogP contribution in [0, 0.1) is 0 Å². The molecule has 0 saturated carbocycles. The highest BCUT2D eigenvalue weighted by molar-refractivity contribution is 6.48. The molecule has 1 aliphatic rings. The third-order valence-electron chi connectivity index (χ3n) is 4.66. The van der Waals surface area contributed by atoms with Crippen molar-refractivity contribution in [1.82, 2.24) is 9.88 Å². The number of ketones is 1. The normalized spacial score (nSPS) is 13.9. The Morgan fingerprint density at radius 1 is 1.08 bits per heavy atom. The summed E-state index contributed by atoms with van der Waals surface area (Å²) in [4.78, 5) is 25.6. The van der Waals surface area contributed by atoms with Gasteiger partial charge in [-0.25, -0.2) is 0 Å². The quantitative estimate of drug-likeness (QED) is 0.548. The van der Waals surface area contributed by atoms with Gasteiger partial charge in [-0.2, -0.15) is 0 Å². The molecule has 0 bridgehead atoms. The lowest BCUT2D eigenvalue weighted by molar-refractivity contribution is -0.112. The molecule has 0 radical (unpaired) electrons. The van der Waals surface area contributed by atoms with Crippen LogP contribution < -0.4 is 10.6 Å². The lowest BCUT2D eigenvalue weighted by Crippen LogP contribution is -2.24. The van der Waals surface area contributed by atoms with E-state index in [9.17, 15) is 9.59 Å². The number of benzene rings is 2. The average Bonchev–Trinajstić information content (AvgIpc) is 2.79. The number of rotatable bonds is 3. The Morgan fingerprint density at radius 2 is 1.85 bits per heavy atom. The molecule has 1 amide bonds. The van der Waals surface area contributed by atoms with E-state index in [1.807, 2.05) is 24.3 Å². The third-order valence-corrected chi connectivity index (χ3v) is 4.92. The minimum atomic E-state index is -0.635. The number of anilines is 1. The van der Waals surface area contributed by atoms with Crippen LogP contribution in [0.2, 0.25) is 5.02 Å². The Morgan fingerprint density at radius 3 is 2.65 bits per heavy atom. The maximum absolute atomic E-state index is 13.0. The van der Waals surface area contributed by atoms with Crippen molar-refractivity contribution in [2.75, 3.05) is 18.4 Å². The number of carbonyl (C=O) groups is 2. The number of aromatic nitrogens is 1. The Bertz CT molecular complexity index is 998. The molecule has 1 aliphatic heterocycles. The average molecular weight is 370 g/mol. The molecule has 5 nitrogen and oxygen atoms in total. The van der Waals surface area contributed by atoms with E-state index in [2.05, 4.69) is 15.2 Å². The zero-order valence-corrected chi connectivity index (χ0v) is 14.8. The summed E-state index contributed by atoms with van der Waals surface area (Å²) in [7, 11) is 0. The summed E-state index contributed by atoms with van der Waals surface area (Å²) in [6.07, 6.45) is 0.712. The molecule has 0 aliphatic carbocycles. The number of carbonyl (C=O) groups excluding carboxylic acids is 2. The van der Waals surface area contributed by atoms with Gasteiger partial charge in [0.2, 0.25) is 0 Å². The molecule has 2 heterocycles. The predicted molar refractivity (Wildman–Crippen MR) is 105 cm³/mol. The molecule has 2 N–H and O–H groups in total. The van der Waals surface area contributed by atoms with Gasteiger partial charge in [-0.15, -0.1) is 0 Å². The summed E-state index contributed by atoms with van der Waals surface area (Å²) in [5.74, 6) is -1.14. The van der Waals surface area contributed by atoms with E-state index in [1.54, 1.807) is 24.3 Å². The van der Waals surface area contributed by atoms with Crippen LogP contribution in [0.4, 0.5) is 5.69 Å². The van der Waals surface area contributed by atoms with E-state index < -0.39 is 11.7 Å². The van der Waals surface area contributed by atoms with Gasteiger partial charge < -0.3 is 15.2 Å². The van der Waals surface area contributed by atoms with Crippen molar-refractivity contribution >= 4 is 39.9 Å². The Kier molecular flexibility index (Phi) is 4.49. The maximum atomic E-state index is 13.0. The van der Waals surface area contributed by atoms with Crippen molar-refractivity contribution in [3.8, 4) is 0 Å². The second-order valence-corrected chi connectivity index (χ2v) is 6.72. The fourth-order valence-electron chi connectivity index (χ4n) is 3.48.